The summed E-state index contributed by atoms with van der Waals surface area (Å²) in [5.74, 6) is -2.67. The maximum atomic E-state index is 10.4. The molecule has 4 nitrogen and oxygen atoms in total. The van der Waals surface area contributed by atoms with Crippen molar-refractivity contribution in [1.29, 1.82) is 0 Å². The number of hydrogen-bond acceptors (Lipinski definition) is 4. The molecule has 0 aliphatic carbocycles. The van der Waals surface area contributed by atoms with Crippen molar-refractivity contribution in [2.45, 2.75) is 19.6 Å². The molecule has 12 heavy (non-hydrogen) atoms. The molecular formula is C6H11NaO4Si. The summed E-state index contributed by atoms with van der Waals surface area (Å²) in [5.41, 5.74) is 0. The molecule has 6 heteroatoms. The van der Waals surface area contributed by atoms with E-state index in [-0.39, 0.29) is 36.2 Å². The first kappa shape index (κ1) is 14.8. The number of hydrogen-bond donors (Lipinski definition) is 0. The molecule has 64 valence electrons. The second-order valence-electron chi connectivity index (χ2n) is 3.11. The van der Waals surface area contributed by atoms with Crippen molar-refractivity contribution in [2.75, 3.05) is 6.61 Å². The first-order chi connectivity index (χ1) is 4.83. The van der Waals surface area contributed by atoms with E-state index in [0.717, 1.165) is 0 Å². The maximum Gasteiger partial charge on any atom is 1.00 e. The van der Waals surface area contributed by atoms with Crippen LogP contribution < -0.4 is 34.7 Å². The zero-order chi connectivity index (χ0) is 9.07. The molecule has 0 aromatic rings. The van der Waals surface area contributed by atoms with Crippen LogP contribution in [0.25, 0.3) is 0 Å². The summed E-state index contributed by atoms with van der Waals surface area (Å²) < 4.78 is 5.02. The van der Waals surface area contributed by atoms with Gasteiger partial charge in [0.25, 0.3) is 0 Å². The van der Waals surface area contributed by atoms with Crippen LogP contribution in [0.15, 0.2) is 0 Å². The van der Waals surface area contributed by atoms with Crippen molar-refractivity contribution in [3.63, 3.8) is 0 Å². The fraction of sp³-hybridized carbons (Fsp3) is 0.667. The number of aliphatic carboxylic acids is 1. The molecule has 0 saturated heterocycles. The van der Waals surface area contributed by atoms with E-state index in [9.17, 15) is 14.7 Å². The van der Waals surface area contributed by atoms with Gasteiger partial charge in [0.05, 0.1) is 6.61 Å². The van der Waals surface area contributed by atoms with Crippen LogP contribution >= 0.6 is 0 Å². The van der Waals surface area contributed by atoms with Crippen LogP contribution in [0.3, 0.4) is 0 Å². The van der Waals surface area contributed by atoms with Gasteiger partial charge in [-0.25, -0.2) is 0 Å². The molecule has 0 unspecified atom stereocenters. The van der Waals surface area contributed by atoms with Crippen LogP contribution in [0.4, 0.5) is 0 Å². The topological polar surface area (TPSA) is 66.4 Å². The normalized spacial score (nSPS) is 10.2. The predicted octanol–water partition coefficient (Wildman–Crippen LogP) is -3.84. The molecule has 0 bridgehead atoms. The van der Waals surface area contributed by atoms with Gasteiger partial charge in [-0.05, 0) is 19.6 Å². The van der Waals surface area contributed by atoms with Gasteiger partial charge >= 0.3 is 29.6 Å². The predicted molar refractivity (Wildman–Crippen MR) is 39.3 cm³/mol. The largest absolute Gasteiger partial charge is 1.00 e. The van der Waals surface area contributed by atoms with E-state index in [2.05, 4.69) is 0 Å². The molecule has 0 aliphatic rings. The van der Waals surface area contributed by atoms with Crippen LogP contribution in [-0.2, 0) is 14.0 Å². The standard InChI is InChI=1S/C6H12O4Si.Na/c1-11(2,3)10-4-5(7)6(8)9;/h4H2,1-3H3,(H,8,9);/q;+1/p-1. The second-order valence-corrected chi connectivity index (χ2v) is 7.63. The van der Waals surface area contributed by atoms with Crippen molar-refractivity contribution in [1.82, 2.24) is 0 Å². The fourth-order valence-electron chi connectivity index (χ4n) is 0.341. The number of rotatable bonds is 4. The minimum absolute atomic E-state index is 0. The Labute approximate surface area is 94.7 Å². The summed E-state index contributed by atoms with van der Waals surface area (Å²) >= 11 is 0. The molecule has 0 radical (unpaired) electrons. The van der Waals surface area contributed by atoms with Gasteiger partial charge in [-0.15, -0.1) is 0 Å². The van der Waals surface area contributed by atoms with E-state index in [1.54, 1.807) is 0 Å². The molecule has 0 heterocycles. The molecule has 0 fully saturated rings. The van der Waals surface area contributed by atoms with Gasteiger partial charge in [0.1, 0.15) is 5.97 Å². The maximum absolute atomic E-state index is 10.4. The molecule has 0 spiro atoms. The van der Waals surface area contributed by atoms with Crippen molar-refractivity contribution in [3.8, 4) is 0 Å². The number of ketones is 1. The van der Waals surface area contributed by atoms with Gasteiger partial charge in [-0.3, -0.25) is 4.79 Å². The van der Waals surface area contributed by atoms with Crippen LogP contribution in [0.5, 0.6) is 0 Å². The molecule has 0 amide bonds. The summed E-state index contributed by atoms with van der Waals surface area (Å²) in [7, 11) is -1.78. The molecule has 0 aromatic heterocycles. The first-order valence-electron chi connectivity index (χ1n) is 3.21. The third-order valence-corrected chi connectivity index (χ3v) is 1.87. The molecule has 0 aliphatic heterocycles. The molecule has 0 atom stereocenters. The monoisotopic (exact) mass is 198 g/mol. The number of carboxylic acids is 1. The summed E-state index contributed by atoms with van der Waals surface area (Å²) in [5, 5.41) is 9.89. The summed E-state index contributed by atoms with van der Waals surface area (Å²) in [6.45, 7) is 5.25. The average Bonchev–Trinajstić information content (AvgIpc) is 1.80. The number of carboxylic acid groups (broad SMARTS) is 1. The smallest absolute Gasteiger partial charge is 0.542 e. The minimum Gasteiger partial charge on any atom is -0.542 e. The molecule has 0 rings (SSSR count). The SMILES string of the molecule is C[Si](C)(C)OCC(=O)C(=O)[O-].[Na+]. The number of Topliss-reactive ketones (excluding diaryl/α,β-unsaturated/α-hetero) is 1. The fourth-order valence-corrected chi connectivity index (χ4v) is 0.905. The Hall–Kier alpha value is 0.317. The Balaban J connectivity index is 0. The van der Waals surface area contributed by atoms with E-state index in [0.29, 0.717) is 0 Å². The quantitative estimate of drug-likeness (QED) is 0.343. The summed E-state index contributed by atoms with van der Waals surface area (Å²) in [4.78, 5) is 20.3. The molecule has 0 aromatic carbocycles. The third kappa shape index (κ3) is 8.41. The minimum atomic E-state index is -1.78. The van der Waals surface area contributed by atoms with Gasteiger partial charge in [-0.2, -0.15) is 0 Å². The van der Waals surface area contributed by atoms with Gasteiger partial charge < -0.3 is 14.3 Å². The first-order valence-corrected chi connectivity index (χ1v) is 6.62. The van der Waals surface area contributed by atoms with Crippen molar-refractivity contribution in [2.24, 2.45) is 0 Å². The van der Waals surface area contributed by atoms with Crippen molar-refractivity contribution < 1.29 is 48.7 Å². The Bertz CT molecular complexity index is 175. The Morgan fingerprint density at radius 1 is 1.33 bits per heavy atom. The Morgan fingerprint density at radius 3 is 2.00 bits per heavy atom. The van der Waals surface area contributed by atoms with Crippen LogP contribution in [0.2, 0.25) is 19.6 Å². The molecule has 0 N–H and O–H groups in total. The number of carbonyl (C=O) groups excluding carboxylic acids is 2. The average molecular weight is 198 g/mol. The van der Waals surface area contributed by atoms with Gasteiger partial charge in [0, 0.05) is 0 Å². The zero-order valence-electron chi connectivity index (χ0n) is 7.84. The van der Waals surface area contributed by atoms with Crippen molar-refractivity contribution >= 4 is 20.1 Å². The zero-order valence-corrected chi connectivity index (χ0v) is 10.8. The van der Waals surface area contributed by atoms with Crippen LogP contribution in [0.1, 0.15) is 0 Å². The summed E-state index contributed by atoms with van der Waals surface area (Å²) in [6, 6.07) is 0. The van der Waals surface area contributed by atoms with Crippen LogP contribution in [0, 0.1) is 0 Å². The van der Waals surface area contributed by atoms with Crippen molar-refractivity contribution in [3.05, 3.63) is 0 Å². The van der Waals surface area contributed by atoms with E-state index >= 15 is 0 Å². The van der Waals surface area contributed by atoms with E-state index < -0.39 is 20.1 Å². The Kier molecular flexibility index (Phi) is 7.26. The van der Waals surface area contributed by atoms with Gasteiger partial charge in [0.15, 0.2) is 8.32 Å². The van der Waals surface area contributed by atoms with Crippen LogP contribution in [-0.4, -0.2) is 26.7 Å². The number of carbonyl (C=O) groups is 2. The van der Waals surface area contributed by atoms with Gasteiger partial charge in [-0.1, -0.05) is 0 Å². The summed E-state index contributed by atoms with van der Waals surface area (Å²) in [6.07, 6.45) is 0. The van der Waals surface area contributed by atoms with E-state index in [1.165, 1.54) is 0 Å². The van der Waals surface area contributed by atoms with Gasteiger partial charge in [0.2, 0.25) is 5.78 Å². The molecular weight excluding hydrogens is 187 g/mol. The molecule has 0 saturated carbocycles. The van der Waals surface area contributed by atoms with E-state index in [1.807, 2.05) is 19.6 Å². The Morgan fingerprint density at radius 2 is 1.75 bits per heavy atom. The van der Waals surface area contributed by atoms with E-state index in [4.69, 9.17) is 4.43 Å². The third-order valence-electron chi connectivity index (χ3n) is 0.864. The second kappa shape index (κ2) is 5.88.